The molecule has 1 atom stereocenters. The molecule has 0 radical (unpaired) electrons. The molecular weight excluding hydrogens is 237 g/mol. The largest absolute Gasteiger partial charge is 0.389 e. The van der Waals surface area contributed by atoms with Gasteiger partial charge in [-0.15, -0.1) is 11.8 Å². The second-order valence-corrected chi connectivity index (χ2v) is 4.63. The van der Waals surface area contributed by atoms with Gasteiger partial charge in [-0.05, 0) is 24.6 Å². The molecule has 1 N–H and O–H groups in total. The topological polar surface area (TPSA) is 20.2 Å². The lowest BCUT2D eigenvalue weighted by molar-refractivity contribution is -0.129. The molecule has 0 aliphatic heterocycles. The molecule has 90 valence electrons. The number of aliphatic hydroxyl groups is 1. The predicted octanol–water partition coefficient (Wildman–Crippen LogP) is 3.78. The Morgan fingerprint density at radius 1 is 1.38 bits per heavy atom. The zero-order valence-corrected chi connectivity index (χ0v) is 9.61. The number of hydrogen-bond donors (Lipinski definition) is 1. The highest BCUT2D eigenvalue weighted by Gasteiger charge is 2.26. The molecular formula is C11H13F3OS. The van der Waals surface area contributed by atoms with Gasteiger partial charge >= 0.3 is 6.18 Å². The van der Waals surface area contributed by atoms with Crippen molar-refractivity contribution in [2.24, 2.45) is 0 Å². The number of rotatable bonds is 4. The van der Waals surface area contributed by atoms with Crippen molar-refractivity contribution in [3.05, 3.63) is 29.8 Å². The first kappa shape index (κ1) is 13.4. The Kier molecular flexibility index (Phi) is 4.68. The first-order chi connectivity index (χ1) is 7.38. The Hall–Kier alpha value is -0.680. The molecule has 0 spiro atoms. The number of aliphatic hydroxyl groups excluding tert-OH is 1. The fourth-order valence-corrected chi connectivity index (χ4v) is 2.11. The zero-order chi connectivity index (χ0) is 12.2. The molecule has 0 aliphatic rings. The molecule has 0 fully saturated rings. The highest BCUT2D eigenvalue weighted by atomic mass is 32.2. The van der Waals surface area contributed by atoms with Crippen LogP contribution in [0.3, 0.4) is 0 Å². The van der Waals surface area contributed by atoms with Crippen LogP contribution in [0.2, 0.25) is 0 Å². The van der Waals surface area contributed by atoms with Gasteiger partial charge in [-0.25, -0.2) is 0 Å². The standard InChI is InChI=1S/C11H13F3OS/c1-8(15)9-3-2-4-10(7-9)16-6-5-11(12,13)14/h2-4,7-8,15H,5-6H2,1H3. The van der Waals surface area contributed by atoms with Crippen LogP contribution in [0.4, 0.5) is 13.2 Å². The van der Waals surface area contributed by atoms with E-state index in [4.69, 9.17) is 0 Å². The van der Waals surface area contributed by atoms with Crippen LogP contribution < -0.4 is 0 Å². The molecule has 0 heterocycles. The predicted molar refractivity (Wildman–Crippen MR) is 58.5 cm³/mol. The minimum absolute atomic E-state index is 0.00671. The Bertz CT molecular complexity index is 336. The molecule has 1 rings (SSSR count). The molecule has 0 saturated heterocycles. The summed E-state index contributed by atoms with van der Waals surface area (Å²) < 4.78 is 35.7. The third kappa shape index (κ3) is 4.90. The van der Waals surface area contributed by atoms with Gasteiger partial charge in [-0.2, -0.15) is 13.2 Å². The lowest BCUT2D eigenvalue weighted by atomic mass is 10.1. The first-order valence-electron chi connectivity index (χ1n) is 4.86. The van der Waals surface area contributed by atoms with Crippen molar-refractivity contribution in [1.29, 1.82) is 0 Å². The third-order valence-corrected chi connectivity index (χ3v) is 2.99. The van der Waals surface area contributed by atoms with Crippen molar-refractivity contribution in [2.75, 3.05) is 5.75 Å². The molecule has 1 unspecified atom stereocenters. The smallest absolute Gasteiger partial charge is 0.389 e. The molecule has 1 nitrogen and oxygen atoms in total. The molecule has 16 heavy (non-hydrogen) atoms. The Labute approximate surface area is 96.7 Å². The normalized spacial score (nSPS) is 13.8. The van der Waals surface area contributed by atoms with Crippen LogP contribution in [-0.2, 0) is 0 Å². The third-order valence-electron chi connectivity index (χ3n) is 1.99. The molecule has 0 bridgehead atoms. The lowest BCUT2D eigenvalue weighted by Gasteiger charge is -2.08. The number of halogens is 3. The maximum atomic E-state index is 11.9. The summed E-state index contributed by atoms with van der Waals surface area (Å²) in [4.78, 5) is 0.752. The SMILES string of the molecule is CC(O)c1cccc(SCCC(F)(F)F)c1. The van der Waals surface area contributed by atoms with Crippen LogP contribution in [0, 0.1) is 0 Å². The van der Waals surface area contributed by atoms with Crippen LogP contribution in [0.5, 0.6) is 0 Å². The Morgan fingerprint density at radius 3 is 2.62 bits per heavy atom. The van der Waals surface area contributed by atoms with E-state index in [9.17, 15) is 18.3 Å². The maximum Gasteiger partial charge on any atom is 0.389 e. The van der Waals surface area contributed by atoms with Gasteiger partial charge in [0.25, 0.3) is 0 Å². The number of thioether (sulfide) groups is 1. The van der Waals surface area contributed by atoms with E-state index in [2.05, 4.69) is 0 Å². The van der Waals surface area contributed by atoms with E-state index in [1.807, 2.05) is 0 Å². The van der Waals surface area contributed by atoms with E-state index < -0.39 is 18.7 Å². The second kappa shape index (κ2) is 5.59. The second-order valence-electron chi connectivity index (χ2n) is 3.46. The summed E-state index contributed by atoms with van der Waals surface area (Å²) in [5, 5.41) is 9.31. The van der Waals surface area contributed by atoms with Gasteiger partial charge in [0.2, 0.25) is 0 Å². The van der Waals surface area contributed by atoms with Gasteiger partial charge < -0.3 is 5.11 Å². The molecule has 1 aromatic rings. The summed E-state index contributed by atoms with van der Waals surface area (Å²) in [7, 11) is 0. The van der Waals surface area contributed by atoms with Gasteiger partial charge in [-0.1, -0.05) is 12.1 Å². The van der Waals surface area contributed by atoms with Crippen molar-refractivity contribution in [2.45, 2.75) is 30.5 Å². The van der Waals surface area contributed by atoms with E-state index in [1.54, 1.807) is 31.2 Å². The lowest BCUT2D eigenvalue weighted by Crippen LogP contribution is -2.07. The highest BCUT2D eigenvalue weighted by Crippen LogP contribution is 2.27. The number of hydrogen-bond acceptors (Lipinski definition) is 2. The van der Waals surface area contributed by atoms with E-state index in [-0.39, 0.29) is 5.75 Å². The van der Waals surface area contributed by atoms with E-state index in [0.29, 0.717) is 0 Å². The summed E-state index contributed by atoms with van der Waals surface area (Å²) >= 11 is 1.15. The summed E-state index contributed by atoms with van der Waals surface area (Å²) in [5.41, 5.74) is 0.719. The average molecular weight is 250 g/mol. The van der Waals surface area contributed by atoms with Crippen molar-refractivity contribution in [3.63, 3.8) is 0 Å². The monoisotopic (exact) mass is 250 g/mol. The van der Waals surface area contributed by atoms with Gasteiger partial charge in [0.05, 0.1) is 12.5 Å². The van der Waals surface area contributed by atoms with Gasteiger partial charge in [0.15, 0.2) is 0 Å². The van der Waals surface area contributed by atoms with Crippen molar-refractivity contribution in [1.82, 2.24) is 0 Å². The molecule has 0 aliphatic carbocycles. The zero-order valence-electron chi connectivity index (χ0n) is 8.79. The molecule has 1 aromatic carbocycles. The minimum Gasteiger partial charge on any atom is -0.389 e. The quantitative estimate of drug-likeness (QED) is 0.820. The summed E-state index contributed by atoms with van der Waals surface area (Å²) in [6.45, 7) is 1.62. The van der Waals surface area contributed by atoms with Crippen LogP contribution in [0.25, 0.3) is 0 Å². The van der Waals surface area contributed by atoms with Crippen LogP contribution in [0.15, 0.2) is 29.2 Å². The summed E-state index contributed by atoms with van der Waals surface area (Å²) in [6.07, 6.45) is -5.49. The molecule has 0 saturated carbocycles. The fourth-order valence-electron chi connectivity index (χ4n) is 1.15. The van der Waals surface area contributed by atoms with Crippen LogP contribution in [0.1, 0.15) is 25.0 Å². The van der Waals surface area contributed by atoms with E-state index >= 15 is 0 Å². The van der Waals surface area contributed by atoms with E-state index in [1.165, 1.54) is 0 Å². The molecule has 0 amide bonds. The van der Waals surface area contributed by atoms with Gasteiger partial charge in [0, 0.05) is 10.6 Å². The Morgan fingerprint density at radius 2 is 2.06 bits per heavy atom. The number of benzene rings is 1. The first-order valence-corrected chi connectivity index (χ1v) is 5.84. The Balaban J connectivity index is 2.51. The van der Waals surface area contributed by atoms with Crippen molar-refractivity contribution >= 4 is 11.8 Å². The van der Waals surface area contributed by atoms with Gasteiger partial charge in [0.1, 0.15) is 0 Å². The molecule has 0 aromatic heterocycles. The fraction of sp³-hybridized carbons (Fsp3) is 0.455. The molecule has 5 heteroatoms. The van der Waals surface area contributed by atoms with Crippen LogP contribution >= 0.6 is 11.8 Å². The highest BCUT2D eigenvalue weighted by molar-refractivity contribution is 7.99. The number of alkyl halides is 3. The summed E-state index contributed by atoms with van der Waals surface area (Å²) in [5.74, 6) is 0.00671. The maximum absolute atomic E-state index is 11.9. The van der Waals surface area contributed by atoms with Crippen molar-refractivity contribution < 1.29 is 18.3 Å². The van der Waals surface area contributed by atoms with Crippen LogP contribution in [-0.4, -0.2) is 17.0 Å². The summed E-state index contributed by atoms with van der Waals surface area (Å²) in [6, 6.07) is 6.94. The van der Waals surface area contributed by atoms with Crippen molar-refractivity contribution in [3.8, 4) is 0 Å². The average Bonchev–Trinajstić information content (AvgIpc) is 2.16. The van der Waals surface area contributed by atoms with Gasteiger partial charge in [-0.3, -0.25) is 0 Å². The van der Waals surface area contributed by atoms with E-state index in [0.717, 1.165) is 22.2 Å². The minimum atomic E-state index is -4.10.